The average molecular weight is 631 g/mol. The van der Waals surface area contributed by atoms with E-state index in [0.29, 0.717) is 13.0 Å². The predicted molar refractivity (Wildman–Crippen MR) is 196 cm³/mol. The van der Waals surface area contributed by atoms with E-state index in [4.69, 9.17) is 9.47 Å². The number of aliphatic hydroxyl groups is 1. The molecular weight excluding hydrogens is 556 g/mol. The van der Waals surface area contributed by atoms with Crippen molar-refractivity contribution in [3.05, 3.63) is 48.6 Å². The molecule has 0 rings (SSSR count). The maximum atomic E-state index is 12.2. The van der Waals surface area contributed by atoms with Crippen molar-refractivity contribution in [3.63, 3.8) is 0 Å². The summed E-state index contributed by atoms with van der Waals surface area (Å²) in [4.78, 5) is 12.2. The Hall–Kier alpha value is -1.65. The lowest BCUT2D eigenvalue weighted by atomic mass is 10.1. The number of carbonyl (C=O) groups excluding carboxylic acids is 1. The Bertz CT molecular complexity index is 708. The van der Waals surface area contributed by atoms with Crippen LogP contribution in [0.2, 0.25) is 0 Å². The van der Waals surface area contributed by atoms with Crippen molar-refractivity contribution in [2.75, 3.05) is 19.8 Å². The second-order valence-electron chi connectivity index (χ2n) is 12.6. The minimum Gasteiger partial charge on any atom is -0.457 e. The van der Waals surface area contributed by atoms with Crippen LogP contribution in [0.25, 0.3) is 0 Å². The van der Waals surface area contributed by atoms with E-state index >= 15 is 0 Å². The second kappa shape index (κ2) is 38.5. The topological polar surface area (TPSA) is 55.8 Å². The number of ether oxygens (including phenoxy) is 2. The standard InChI is InChI=1S/C41H74O4/c1-3-5-7-9-11-13-15-17-19-21-23-25-27-29-31-33-35-37-44-39-40(38-42)45-41(43)36-34-32-30-28-26-24-22-20-18-16-14-12-10-8-6-4-2/h13-16,19-22,40,42H,3-12,17-18,23-39H2,1-2H3/b15-13-,16-14-,21-19-,22-20-. The first-order valence-corrected chi connectivity index (χ1v) is 19.2. The molecule has 0 aliphatic rings. The van der Waals surface area contributed by atoms with Gasteiger partial charge in [0.05, 0.1) is 13.2 Å². The number of unbranched alkanes of at least 4 members (excludes halogenated alkanes) is 19. The molecule has 0 bridgehead atoms. The van der Waals surface area contributed by atoms with Crippen LogP contribution in [0, 0.1) is 0 Å². The van der Waals surface area contributed by atoms with E-state index in [2.05, 4.69) is 62.5 Å². The van der Waals surface area contributed by atoms with Gasteiger partial charge in [0.1, 0.15) is 6.10 Å². The third kappa shape index (κ3) is 36.7. The molecule has 1 atom stereocenters. The lowest BCUT2D eigenvalue weighted by Gasteiger charge is -2.15. The van der Waals surface area contributed by atoms with E-state index in [1.807, 2.05) is 0 Å². The van der Waals surface area contributed by atoms with E-state index in [-0.39, 0.29) is 19.2 Å². The van der Waals surface area contributed by atoms with Crippen LogP contribution in [0.1, 0.15) is 181 Å². The Labute approximate surface area is 280 Å². The molecule has 0 aliphatic carbocycles. The van der Waals surface area contributed by atoms with Crippen molar-refractivity contribution in [1.82, 2.24) is 0 Å². The minimum atomic E-state index is -0.547. The highest BCUT2D eigenvalue weighted by atomic mass is 16.6. The van der Waals surface area contributed by atoms with Crippen molar-refractivity contribution in [1.29, 1.82) is 0 Å². The Morgan fingerprint density at radius 1 is 0.533 bits per heavy atom. The largest absolute Gasteiger partial charge is 0.457 e. The van der Waals surface area contributed by atoms with Crippen molar-refractivity contribution in [3.8, 4) is 0 Å². The Kier molecular flexibility index (Phi) is 37.1. The number of carbonyl (C=O) groups is 1. The molecule has 0 spiro atoms. The van der Waals surface area contributed by atoms with Crippen LogP contribution in [-0.2, 0) is 14.3 Å². The molecule has 0 aromatic rings. The summed E-state index contributed by atoms with van der Waals surface area (Å²) in [7, 11) is 0. The summed E-state index contributed by atoms with van der Waals surface area (Å²) in [5, 5.41) is 9.56. The van der Waals surface area contributed by atoms with Crippen LogP contribution in [0.5, 0.6) is 0 Å². The second-order valence-corrected chi connectivity index (χ2v) is 12.6. The van der Waals surface area contributed by atoms with Crippen LogP contribution >= 0.6 is 0 Å². The number of hydrogen-bond donors (Lipinski definition) is 1. The summed E-state index contributed by atoms with van der Waals surface area (Å²) >= 11 is 0. The molecule has 0 fully saturated rings. The molecule has 45 heavy (non-hydrogen) atoms. The van der Waals surface area contributed by atoms with Crippen LogP contribution in [0.3, 0.4) is 0 Å². The molecule has 0 saturated heterocycles. The van der Waals surface area contributed by atoms with Crippen molar-refractivity contribution in [2.45, 2.75) is 187 Å². The van der Waals surface area contributed by atoms with E-state index in [1.54, 1.807) is 0 Å². The fraction of sp³-hybridized carbons (Fsp3) is 0.780. The fourth-order valence-electron chi connectivity index (χ4n) is 5.21. The highest BCUT2D eigenvalue weighted by molar-refractivity contribution is 5.69. The van der Waals surface area contributed by atoms with Crippen LogP contribution in [0.4, 0.5) is 0 Å². The highest BCUT2D eigenvalue weighted by Crippen LogP contribution is 2.11. The van der Waals surface area contributed by atoms with Crippen LogP contribution in [0.15, 0.2) is 48.6 Å². The van der Waals surface area contributed by atoms with Crippen molar-refractivity contribution < 1.29 is 19.4 Å². The number of esters is 1. The molecule has 1 N–H and O–H groups in total. The van der Waals surface area contributed by atoms with Gasteiger partial charge >= 0.3 is 5.97 Å². The lowest BCUT2D eigenvalue weighted by Crippen LogP contribution is -2.27. The molecule has 0 amide bonds. The highest BCUT2D eigenvalue weighted by Gasteiger charge is 2.13. The van der Waals surface area contributed by atoms with Gasteiger partial charge in [0, 0.05) is 13.0 Å². The van der Waals surface area contributed by atoms with Crippen LogP contribution in [-0.4, -0.2) is 37.0 Å². The summed E-state index contributed by atoms with van der Waals surface area (Å²) in [6, 6.07) is 0. The molecule has 0 aromatic carbocycles. The Balaban J connectivity index is 3.50. The zero-order valence-corrected chi connectivity index (χ0v) is 29.9. The van der Waals surface area contributed by atoms with Gasteiger partial charge in [-0.25, -0.2) is 0 Å². The summed E-state index contributed by atoms with van der Waals surface area (Å²) in [5.74, 6) is -0.219. The van der Waals surface area contributed by atoms with E-state index < -0.39 is 6.10 Å². The number of allylic oxidation sites excluding steroid dienone is 8. The summed E-state index contributed by atoms with van der Waals surface area (Å²) in [6.45, 7) is 5.27. The summed E-state index contributed by atoms with van der Waals surface area (Å²) in [5.41, 5.74) is 0. The predicted octanol–water partition coefficient (Wildman–Crippen LogP) is 12.3. The number of hydrogen-bond acceptors (Lipinski definition) is 4. The monoisotopic (exact) mass is 631 g/mol. The first kappa shape index (κ1) is 43.4. The third-order valence-corrected chi connectivity index (χ3v) is 8.13. The Morgan fingerprint density at radius 3 is 1.38 bits per heavy atom. The molecule has 0 saturated carbocycles. The number of aliphatic hydroxyl groups excluding tert-OH is 1. The first-order valence-electron chi connectivity index (χ1n) is 19.2. The molecule has 262 valence electrons. The molecule has 0 radical (unpaired) electrons. The van der Waals surface area contributed by atoms with Gasteiger partial charge < -0.3 is 14.6 Å². The van der Waals surface area contributed by atoms with E-state index in [9.17, 15) is 9.90 Å². The van der Waals surface area contributed by atoms with Gasteiger partial charge in [0.15, 0.2) is 0 Å². The zero-order chi connectivity index (χ0) is 32.7. The molecule has 0 aromatic heterocycles. The lowest BCUT2D eigenvalue weighted by molar-refractivity contribution is -0.154. The van der Waals surface area contributed by atoms with Gasteiger partial charge in [-0.3, -0.25) is 4.79 Å². The molecule has 4 heteroatoms. The SMILES string of the molecule is CCCCCC/C=C\C/C=C\CCCCCCCCOCC(CO)OC(=O)CCCCCCC/C=C\C/C=C\CCCCCC. The molecule has 0 aliphatic heterocycles. The zero-order valence-electron chi connectivity index (χ0n) is 29.9. The maximum absolute atomic E-state index is 12.2. The average Bonchev–Trinajstić information content (AvgIpc) is 3.05. The van der Waals surface area contributed by atoms with Gasteiger partial charge in [-0.1, -0.05) is 146 Å². The van der Waals surface area contributed by atoms with Gasteiger partial charge in [0.2, 0.25) is 0 Å². The van der Waals surface area contributed by atoms with E-state index in [0.717, 1.165) is 51.4 Å². The smallest absolute Gasteiger partial charge is 0.306 e. The number of rotatable bonds is 35. The quantitative estimate of drug-likeness (QED) is 0.0430. The van der Waals surface area contributed by atoms with Crippen LogP contribution < -0.4 is 0 Å². The summed E-state index contributed by atoms with van der Waals surface area (Å²) in [6.07, 6.45) is 48.6. The first-order chi connectivity index (χ1) is 22.2. The van der Waals surface area contributed by atoms with E-state index in [1.165, 1.54) is 109 Å². The van der Waals surface area contributed by atoms with Crippen molar-refractivity contribution in [2.24, 2.45) is 0 Å². The fourth-order valence-corrected chi connectivity index (χ4v) is 5.21. The maximum Gasteiger partial charge on any atom is 0.306 e. The van der Waals surface area contributed by atoms with Gasteiger partial charge in [-0.2, -0.15) is 0 Å². The van der Waals surface area contributed by atoms with Gasteiger partial charge in [-0.15, -0.1) is 0 Å². The molecule has 0 heterocycles. The van der Waals surface area contributed by atoms with Crippen molar-refractivity contribution >= 4 is 5.97 Å². The van der Waals surface area contributed by atoms with Gasteiger partial charge in [0.25, 0.3) is 0 Å². The molecule has 1 unspecified atom stereocenters. The summed E-state index contributed by atoms with van der Waals surface area (Å²) < 4.78 is 11.1. The van der Waals surface area contributed by atoms with Gasteiger partial charge in [-0.05, 0) is 77.0 Å². The molecule has 4 nitrogen and oxygen atoms in total. The normalized spacial score (nSPS) is 12.9. The minimum absolute atomic E-state index is 0.183. The third-order valence-electron chi connectivity index (χ3n) is 8.13. The molecular formula is C41H74O4. The Morgan fingerprint density at radius 2 is 0.933 bits per heavy atom.